The van der Waals surface area contributed by atoms with Crippen LogP contribution in [0.1, 0.15) is 28.1 Å². The molecule has 0 radical (unpaired) electrons. The molecular weight excluding hydrogens is 471 g/mol. The summed E-state index contributed by atoms with van der Waals surface area (Å²) >= 11 is 1.04. The van der Waals surface area contributed by atoms with Crippen LogP contribution in [0.4, 0.5) is 18.3 Å². The van der Waals surface area contributed by atoms with Gasteiger partial charge in [0, 0.05) is 35.7 Å². The molecule has 3 aromatic heterocycles. The van der Waals surface area contributed by atoms with Crippen LogP contribution >= 0.6 is 11.3 Å². The van der Waals surface area contributed by atoms with E-state index in [1.165, 1.54) is 24.5 Å². The molecule has 1 saturated heterocycles. The number of nitrogens with one attached hydrogen (secondary N) is 2. The molecule has 180 valence electrons. The molecule has 4 rings (SSSR count). The van der Waals surface area contributed by atoms with E-state index in [1.807, 2.05) is 5.32 Å². The monoisotopic (exact) mass is 493 g/mol. The third-order valence-corrected chi connectivity index (χ3v) is 5.96. The number of ether oxygens (including phenoxy) is 2. The summed E-state index contributed by atoms with van der Waals surface area (Å²) in [5.41, 5.74) is 1.02. The van der Waals surface area contributed by atoms with Gasteiger partial charge < -0.3 is 20.1 Å². The molecule has 0 saturated carbocycles. The molecule has 0 aliphatic carbocycles. The zero-order valence-corrected chi connectivity index (χ0v) is 18.9. The lowest BCUT2D eigenvalue weighted by Gasteiger charge is -2.23. The van der Waals surface area contributed by atoms with E-state index >= 15 is 0 Å². The summed E-state index contributed by atoms with van der Waals surface area (Å²) in [5.74, 6) is -0.273. The lowest BCUT2D eigenvalue weighted by Crippen LogP contribution is -2.50. The highest BCUT2D eigenvalue weighted by atomic mass is 32.1. The Bertz CT molecular complexity index is 1100. The van der Waals surface area contributed by atoms with Crippen molar-refractivity contribution < 1.29 is 27.4 Å². The van der Waals surface area contributed by atoms with E-state index in [1.54, 1.807) is 25.3 Å². The second-order valence-corrected chi connectivity index (χ2v) is 8.76. The number of anilines is 1. The SMILES string of the molecule is Cc1sc(NC(NC(=O)c2ccncc2)C(F)(F)F)nc1-c1ccc(OC2CCOCC2)cn1. The van der Waals surface area contributed by atoms with Gasteiger partial charge in [-0.25, -0.2) is 4.98 Å². The van der Waals surface area contributed by atoms with Gasteiger partial charge in [0.2, 0.25) is 0 Å². The summed E-state index contributed by atoms with van der Waals surface area (Å²) in [7, 11) is 0. The van der Waals surface area contributed by atoms with Crippen LogP contribution in [0.15, 0.2) is 42.9 Å². The lowest BCUT2D eigenvalue weighted by atomic mass is 10.1. The molecular formula is C22H22F3N5O3S. The van der Waals surface area contributed by atoms with Crippen LogP contribution in [0.5, 0.6) is 5.75 Å². The molecule has 1 atom stereocenters. The second-order valence-electron chi connectivity index (χ2n) is 7.56. The molecule has 8 nitrogen and oxygen atoms in total. The van der Waals surface area contributed by atoms with Gasteiger partial charge in [0.25, 0.3) is 5.91 Å². The summed E-state index contributed by atoms with van der Waals surface area (Å²) < 4.78 is 52.0. The highest BCUT2D eigenvalue weighted by Crippen LogP contribution is 2.32. The highest BCUT2D eigenvalue weighted by Gasteiger charge is 2.41. The Hall–Kier alpha value is -3.25. The maximum absolute atomic E-state index is 13.6. The molecule has 1 aliphatic rings. The molecule has 1 unspecified atom stereocenters. The van der Waals surface area contributed by atoms with Crippen molar-refractivity contribution in [3.05, 3.63) is 53.3 Å². The molecule has 3 aromatic rings. The summed E-state index contributed by atoms with van der Waals surface area (Å²) in [5, 5.41) is 4.25. The maximum atomic E-state index is 13.6. The van der Waals surface area contributed by atoms with Crippen molar-refractivity contribution in [2.45, 2.75) is 38.2 Å². The van der Waals surface area contributed by atoms with Crippen molar-refractivity contribution in [1.29, 1.82) is 0 Å². The second kappa shape index (κ2) is 10.3. The number of thiazole rings is 1. The number of halogens is 3. The van der Waals surface area contributed by atoms with Gasteiger partial charge in [-0.1, -0.05) is 0 Å². The number of carbonyl (C=O) groups is 1. The van der Waals surface area contributed by atoms with Crippen LogP contribution in [0.2, 0.25) is 0 Å². The molecule has 1 amide bonds. The van der Waals surface area contributed by atoms with E-state index < -0.39 is 18.2 Å². The number of alkyl halides is 3. The Morgan fingerprint density at radius 2 is 1.94 bits per heavy atom. The number of hydrogen-bond donors (Lipinski definition) is 2. The largest absolute Gasteiger partial charge is 0.489 e. The standard InChI is InChI=1S/C22H22F3N5O3S/c1-13-18(17-3-2-16(12-27-17)33-15-6-10-32-11-7-15)28-21(34-13)30-20(22(23,24)25)29-19(31)14-4-8-26-9-5-14/h2-5,8-9,12,15,20H,6-7,10-11H2,1H3,(H,28,30)(H,29,31). The number of nitrogens with zero attached hydrogens (tertiary/aromatic N) is 3. The minimum atomic E-state index is -4.75. The van der Waals surface area contributed by atoms with E-state index in [0.717, 1.165) is 24.2 Å². The van der Waals surface area contributed by atoms with Crippen LogP contribution in [-0.2, 0) is 4.74 Å². The lowest BCUT2D eigenvalue weighted by molar-refractivity contribution is -0.146. The molecule has 0 aromatic carbocycles. The third-order valence-electron chi connectivity index (χ3n) is 5.06. The van der Waals surface area contributed by atoms with Gasteiger partial charge in [-0.15, -0.1) is 11.3 Å². The first-order chi connectivity index (χ1) is 16.3. The number of aryl methyl sites for hydroxylation is 1. The third kappa shape index (κ3) is 6.00. The van der Waals surface area contributed by atoms with Crippen LogP contribution in [-0.4, -0.2) is 52.5 Å². The highest BCUT2D eigenvalue weighted by molar-refractivity contribution is 7.16. The van der Waals surface area contributed by atoms with Crippen molar-refractivity contribution in [3.8, 4) is 17.1 Å². The predicted molar refractivity (Wildman–Crippen MR) is 120 cm³/mol. The molecule has 1 fully saturated rings. The number of amides is 1. The number of pyridine rings is 2. The van der Waals surface area contributed by atoms with E-state index in [0.29, 0.717) is 35.2 Å². The minimum Gasteiger partial charge on any atom is -0.489 e. The Morgan fingerprint density at radius 1 is 1.21 bits per heavy atom. The van der Waals surface area contributed by atoms with E-state index in [2.05, 4.69) is 20.3 Å². The molecule has 2 N–H and O–H groups in total. The minimum absolute atomic E-state index is 0.00851. The van der Waals surface area contributed by atoms with Gasteiger partial charge in [0.05, 0.1) is 25.1 Å². The number of rotatable bonds is 7. The van der Waals surface area contributed by atoms with Crippen molar-refractivity contribution in [2.24, 2.45) is 0 Å². The smallest absolute Gasteiger partial charge is 0.427 e. The summed E-state index contributed by atoms with van der Waals surface area (Å²) in [6.45, 7) is 3.06. The summed E-state index contributed by atoms with van der Waals surface area (Å²) in [6, 6.07) is 6.13. The van der Waals surface area contributed by atoms with Gasteiger partial charge in [0.1, 0.15) is 17.5 Å². The fourth-order valence-electron chi connectivity index (χ4n) is 3.31. The first kappa shape index (κ1) is 23.9. The first-order valence-electron chi connectivity index (χ1n) is 10.5. The maximum Gasteiger partial charge on any atom is 0.427 e. The molecule has 12 heteroatoms. The van der Waals surface area contributed by atoms with Crippen molar-refractivity contribution >= 4 is 22.4 Å². The van der Waals surface area contributed by atoms with Crippen LogP contribution in [0, 0.1) is 6.92 Å². The zero-order valence-electron chi connectivity index (χ0n) is 18.1. The van der Waals surface area contributed by atoms with Gasteiger partial charge in [-0.3, -0.25) is 14.8 Å². The molecule has 0 bridgehead atoms. The van der Waals surface area contributed by atoms with Gasteiger partial charge in [-0.2, -0.15) is 13.2 Å². The van der Waals surface area contributed by atoms with Gasteiger partial charge in [0.15, 0.2) is 11.3 Å². The average Bonchev–Trinajstić information content (AvgIpc) is 3.19. The molecule has 34 heavy (non-hydrogen) atoms. The fraction of sp³-hybridized carbons (Fsp3) is 0.364. The van der Waals surface area contributed by atoms with E-state index in [9.17, 15) is 18.0 Å². The molecule has 4 heterocycles. The molecule has 0 spiro atoms. The van der Waals surface area contributed by atoms with Gasteiger partial charge >= 0.3 is 6.18 Å². The Morgan fingerprint density at radius 3 is 2.59 bits per heavy atom. The van der Waals surface area contributed by atoms with Gasteiger partial charge in [-0.05, 0) is 31.2 Å². The van der Waals surface area contributed by atoms with Crippen LogP contribution in [0.3, 0.4) is 0 Å². The fourth-order valence-corrected chi connectivity index (χ4v) is 4.16. The summed E-state index contributed by atoms with van der Waals surface area (Å²) in [6.07, 6.45) is -1.16. The quantitative estimate of drug-likeness (QED) is 0.476. The van der Waals surface area contributed by atoms with Crippen molar-refractivity contribution in [1.82, 2.24) is 20.3 Å². The number of hydrogen-bond acceptors (Lipinski definition) is 8. The Labute approximate surface area is 197 Å². The number of aromatic nitrogens is 3. The van der Waals surface area contributed by atoms with E-state index in [-0.39, 0.29) is 16.8 Å². The predicted octanol–water partition coefficient (Wildman–Crippen LogP) is 4.20. The van der Waals surface area contributed by atoms with Crippen molar-refractivity contribution in [2.75, 3.05) is 18.5 Å². The zero-order chi connectivity index (χ0) is 24.1. The van der Waals surface area contributed by atoms with Crippen LogP contribution < -0.4 is 15.4 Å². The van der Waals surface area contributed by atoms with Crippen molar-refractivity contribution in [3.63, 3.8) is 0 Å². The topological polar surface area (TPSA) is 98.3 Å². The normalized spacial score (nSPS) is 15.5. The average molecular weight is 494 g/mol. The number of carbonyl (C=O) groups excluding carboxylic acids is 1. The Kier molecular flexibility index (Phi) is 7.27. The first-order valence-corrected chi connectivity index (χ1v) is 11.3. The Balaban J connectivity index is 1.46. The summed E-state index contributed by atoms with van der Waals surface area (Å²) in [4.78, 5) is 25.3. The molecule has 1 aliphatic heterocycles. The van der Waals surface area contributed by atoms with Crippen LogP contribution in [0.25, 0.3) is 11.4 Å². The van der Waals surface area contributed by atoms with E-state index in [4.69, 9.17) is 9.47 Å².